The molecule has 0 aliphatic carbocycles. The molecule has 0 unspecified atom stereocenters. The van der Waals surface area contributed by atoms with Crippen LogP contribution in [0.1, 0.15) is 20.8 Å². The minimum atomic E-state index is -0.500. The summed E-state index contributed by atoms with van der Waals surface area (Å²) in [6.45, 7) is 5.47. The van der Waals surface area contributed by atoms with Crippen LogP contribution in [0.15, 0.2) is 24.3 Å². The highest BCUT2D eigenvalue weighted by molar-refractivity contribution is 5.85. The molecule has 5 nitrogen and oxygen atoms in total. The summed E-state index contributed by atoms with van der Waals surface area (Å²) in [4.78, 5) is 16.6. The van der Waals surface area contributed by atoms with Gasteiger partial charge < -0.3 is 4.74 Å². The smallest absolute Gasteiger partial charge is 0.412 e. The molecule has 0 spiro atoms. The van der Waals surface area contributed by atoms with Gasteiger partial charge in [-0.2, -0.15) is 0 Å². The topological polar surface area (TPSA) is 50.8 Å². The lowest BCUT2D eigenvalue weighted by molar-refractivity contribution is 0.0636. The highest BCUT2D eigenvalue weighted by atomic mass is 16.7. The third-order valence-corrected chi connectivity index (χ3v) is 2.15. The van der Waals surface area contributed by atoms with Crippen molar-refractivity contribution in [2.24, 2.45) is 0 Å². The molecule has 0 aliphatic rings. The number of nitrogens with one attached hydrogen (secondary N) is 1. The summed E-state index contributed by atoms with van der Waals surface area (Å²) >= 11 is 0. The summed E-state index contributed by atoms with van der Waals surface area (Å²) in [5.74, 6) is 0. The van der Waals surface area contributed by atoms with Crippen LogP contribution in [0, 0.1) is 0 Å². The van der Waals surface area contributed by atoms with E-state index in [0.717, 1.165) is 5.69 Å². The molecule has 0 aliphatic heterocycles. The number of rotatable bonds is 3. The van der Waals surface area contributed by atoms with Crippen LogP contribution in [-0.2, 0) is 9.57 Å². The Morgan fingerprint density at radius 2 is 1.78 bits per heavy atom. The number of hydrogen-bond donors (Lipinski definition) is 1. The fraction of sp³-hybridized carbons (Fsp3) is 0.462. The zero-order valence-corrected chi connectivity index (χ0v) is 11.5. The van der Waals surface area contributed by atoms with E-state index in [1.807, 2.05) is 32.9 Å². The fourth-order valence-electron chi connectivity index (χ4n) is 1.28. The van der Waals surface area contributed by atoms with E-state index in [-0.39, 0.29) is 0 Å². The molecule has 0 heterocycles. The van der Waals surface area contributed by atoms with Crippen LogP contribution in [0.4, 0.5) is 16.2 Å². The second kappa shape index (κ2) is 5.73. The second-order valence-corrected chi connectivity index (χ2v) is 4.85. The summed E-state index contributed by atoms with van der Waals surface area (Å²) < 4.78 is 5.16. The van der Waals surface area contributed by atoms with E-state index in [1.54, 1.807) is 31.4 Å². The van der Waals surface area contributed by atoms with E-state index >= 15 is 0 Å². The van der Waals surface area contributed by atoms with E-state index in [2.05, 4.69) is 5.32 Å². The number of amides is 1. The SMILES string of the molecule is CON(C)c1ccc(NC(=O)OC(C)(C)C)cc1. The predicted molar refractivity (Wildman–Crippen MR) is 71.7 cm³/mol. The third kappa shape index (κ3) is 4.63. The van der Waals surface area contributed by atoms with Crippen molar-refractivity contribution in [1.82, 2.24) is 0 Å². The lowest BCUT2D eigenvalue weighted by Crippen LogP contribution is -2.27. The molecule has 18 heavy (non-hydrogen) atoms. The van der Waals surface area contributed by atoms with Gasteiger partial charge in [-0.25, -0.2) is 4.79 Å². The van der Waals surface area contributed by atoms with Crippen LogP contribution in [0.25, 0.3) is 0 Å². The van der Waals surface area contributed by atoms with Crippen molar-refractivity contribution in [1.29, 1.82) is 0 Å². The van der Waals surface area contributed by atoms with E-state index in [1.165, 1.54) is 0 Å². The van der Waals surface area contributed by atoms with E-state index < -0.39 is 11.7 Å². The van der Waals surface area contributed by atoms with Crippen molar-refractivity contribution in [3.63, 3.8) is 0 Å². The Labute approximate surface area is 108 Å². The van der Waals surface area contributed by atoms with Crippen LogP contribution < -0.4 is 10.4 Å². The molecule has 1 amide bonds. The van der Waals surface area contributed by atoms with Crippen molar-refractivity contribution in [2.45, 2.75) is 26.4 Å². The first-order chi connectivity index (χ1) is 8.31. The molecule has 1 aromatic carbocycles. The van der Waals surface area contributed by atoms with E-state index in [9.17, 15) is 4.79 Å². The van der Waals surface area contributed by atoms with Crippen molar-refractivity contribution >= 4 is 17.5 Å². The summed E-state index contributed by atoms with van der Waals surface area (Å²) in [5.41, 5.74) is 1.07. The highest BCUT2D eigenvalue weighted by Gasteiger charge is 2.16. The van der Waals surface area contributed by atoms with Crippen molar-refractivity contribution in [3.8, 4) is 0 Å². The van der Waals surface area contributed by atoms with Crippen LogP contribution in [0.2, 0.25) is 0 Å². The van der Waals surface area contributed by atoms with Crippen LogP contribution in [-0.4, -0.2) is 25.9 Å². The zero-order chi connectivity index (χ0) is 13.8. The van der Waals surface area contributed by atoms with Crippen molar-refractivity contribution in [2.75, 3.05) is 24.5 Å². The Morgan fingerprint density at radius 3 is 2.22 bits per heavy atom. The van der Waals surface area contributed by atoms with Crippen molar-refractivity contribution < 1.29 is 14.4 Å². The van der Waals surface area contributed by atoms with Gasteiger partial charge in [0.15, 0.2) is 0 Å². The standard InChI is InChI=1S/C13H20N2O3/c1-13(2,3)18-12(16)14-10-6-8-11(9-7-10)15(4)17-5/h6-9H,1-5H3,(H,14,16). The summed E-state index contributed by atoms with van der Waals surface area (Å²) in [6.07, 6.45) is -0.463. The number of anilines is 2. The number of benzene rings is 1. The number of nitrogens with zero attached hydrogens (tertiary/aromatic N) is 1. The van der Waals surface area contributed by atoms with Gasteiger partial charge in [0.25, 0.3) is 0 Å². The Kier molecular flexibility index (Phi) is 4.55. The molecule has 1 N–H and O–H groups in total. The molecular formula is C13H20N2O3. The first-order valence-corrected chi connectivity index (χ1v) is 5.70. The Morgan fingerprint density at radius 1 is 1.22 bits per heavy atom. The van der Waals surface area contributed by atoms with Gasteiger partial charge in [0.05, 0.1) is 12.8 Å². The summed E-state index contributed by atoms with van der Waals surface area (Å²) in [6, 6.07) is 7.26. The molecule has 0 saturated heterocycles. The predicted octanol–water partition coefficient (Wildman–Crippen LogP) is 3.03. The minimum absolute atomic E-state index is 0.463. The first-order valence-electron chi connectivity index (χ1n) is 5.70. The van der Waals surface area contributed by atoms with Crippen LogP contribution in [0.5, 0.6) is 0 Å². The van der Waals surface area contributed by atoms with E-state index in [0.29, 0.717) is 5.69 Å². The molecule has 0 bridgehead atoms. The van der Waals surface area contributed by atoms with E-state index in [4.69, 9.17) is 9.57 Å². The zero-order valence-electron chi connectivity index (χ0n) is 11.5. The average molecular weight is 252 g/mol. The third-order valence-electron chi connectivity index (χ3n) is 2.15. The molecule has 0 aromatic heterocycles. The maximum absolute atomic E-state index is 11.5. The molecule has 0 atom stereocenters. The van der Waals surface area contributed by atoms with Gasteiger partial charge in [-0.1, -0.05) is 0 Å². The lowest BCUT2D eigenvalue weighted by atomic mass is 10.2. The Balaban J connectivity index is 2.61. The molecule has 0 saturated carbocycles. The second-order valence-electron chi connectivity index (χ2n) is 4.85. The van der Waals surface area contributed by atoms with Gasteiger partial charge in [-0.3, -0.25) is 15.2 Å². The summed E-state index contributed by atoms with van der Waals surface area (Å²) in [7, 11) is 3.39. The quantitative estimate of drug-likeness (QED) is 0.840. The number of carbonyl (C=O) groups is 1. The Hall–Kier alpha value is -1.75. The number of hydrogen-bond acceptors (Lipinski definition) is 4. The largest absolute Gasteiger partial charge is 0.444 e. The first kappa shape index (κ1) is 14.3. The van der Waals surface area contributed by atoms with Gasteiger partial charge in [0, 0.05) is 12.7 Å². The number of hydroxylamine groups is 1. The molecule has 0 fully saturated rings. The lowest BCUT2D eigenvalue weighted by Gasteiger charge is -2.20. The number of carbonyl (C=O) groups excluding carboxylic acids is 1. The molecule has 1 aromatic rings. The number of ether oxygens (including phenoxy) is 1. The molecule has 1 rings (SSSR count). The molecule has 100 valence electrons. The van der Waals surface area contributed by atoms with Gasteiger partial charge in [0.2, 0.25) is 0 Å². The average Bonchev–Trinajstić information content (AvgIpc) is 2.26. The van der Waals surface area contributed by atoms with Gasteiger partial charge >= 0.3 is 6.09 Å². The van der Waals surface area contributed by atoms with Crippen LogP contribution in [0.3, 0.4) is 0 Å². The fourth-order valence-corrected chi connectivity index (χ4v) is 1.28. The van der Waals surface area contributed by atoms with Gasteiger partial charge in [-0.15, -0.1) is 0 Å². The highest BCUT2D eigenvalue weighted by Crippen LogP contribution is 2.17. The normalized spacial score (nSPS) is 10.9. The summed E-state index contributed by atoms with van der Waals surface area (Å²) in [5, 5.41) is 4.28. The molecular weight excluding hydrogens is 232 g/mol. The van der Waals surface area contributed by atoms with Gasteiger partial charge in [-0.05, 0) is 45.0 Å². The van der Waals surface area contributed by atoms with Crippen LogP contribution >= 0.6 is 0 Å². The Bertz CT molecular complexity index is 396. The van der Waals surface area contributed by atoms with Crippen molar-refractivity contribution in [3.05, 3.63) is 24.3 Å². The molecule has 0 radical (unpaired) electrons. The van der Waals surface area contributed by atoms with Gasteiger partial charge in [0.1, 0.15) is 5.60 Å². The monoisotopic (exact) mass is 252 g/mol. The maximum Gasteiger partial charge on any atom is 0.412 e. The molecule has 5 heteroatoms. The minimum Gasteiger partial charge on any atom is -0.444 e. The maximum atomic E-state index is 11.5.